The molecule has 8 heteroatoms. The van der Waals surface area contributed by atoms with Crippen molar-refractivity contribution in [1.29, 1.82) is 0 Å². The predicted molar refractivity (Wildman–Crippen MR) is 73.6 cm³/mol. The van der Waals surface area contributed by atoms with Gasteiger partial charge in [0, 0.05) is 18.7 Å². The van der Waals surface area contributed by atoms with Crippen molar-refractivity contribution < 1.29 is 26.7 Å². The summed E-state index contributed by atoms with van der Waals surface area (Å²) in [5.41, 5.74) is -0.857. The molecule has 1 N–H and O–H groups in total. The molecule has 0 aromatic heterocycles. The van der Waals surface area contributed by atoms with E-state index in [-0.39, 0.29) is 0 Å². The zero-order valence-corrected chi connectivity index (χ0v) is 12.3. The number of hydrogen-bond donors (Lipinski definition) is 1. The highest BCUT2D eigenvalue weighted by molar-refractivity contribution is 5.78. The van der Waals surface area contributed by atoms with Crippen LogP contribution in [0.5, 0.6) is 0 Å². The Kier molecular flexibility index (Phi) is 5.56. The molecule has 2 rings (SSSR count). The highest BCUT2D eigenvalue weighted by Crippen LogP contribution is 2.34. The second-order valence-electron chi connectivity index (χ2n) is 5.44. The number of nitrogens with one attached hydrogen (secondary N) is 1. The topological polar surface area (TPSA) is 32.3 Å². The van der Waals surface area contributed by atoms with Gasteiger partial charge in [0.25, 0.3) is 0 Å². The summed E-state index contributed by atoms with van der Waals surface area (Å²) in [6, 6.07) is 0.160. The number of hydrogen-bond acceptors (Lipinski definition) is 2. The maximum Gasteiger partial charge on any atom is 0.408 e. The van der Waals surface area contributed by atoms with Crippen molar-refractivity contribution in [2.24, 2.45) is 0 Å². The molecule has 1 aliphatic heterocycles. The van der Waals surface area contributed by atoms with Crippen molar-refractivity contribution >= 4 is 5.91 Å². The lowest BCUT2D eigenvalue weighted by Gasteiger charge is -2.28. The van der Waals surface area contributed by atoms with Gasteiger partial charge in [-0.1, -0.05) is 12.1 Å². The molecule has 0 unspecified atom stereocenters. The number of benzene rings is 1. The number of carbonyl (C=O) groups excluding carboxylic acids is 1. The van der Waals surface area contributed by atoms with Crippen LogP contribution in [-0.2, 0) is 4.79 Å². The Balaban J connectivity index is 2.10. The van der Waals surface area contributed by atoms with Crippen LogP contribution in [0.3, 0.4) is 0 Å². The van der Waals surface area contributed by atoms with Crippen molar-refractivity contribution in [2.45, 2.75) is 31.5 Å². The highest BCUT2D eigenvalue weighted by atomic mass is 19.4. The maximum absolute atomic E-state index is 13.7. The van der Waals surface area contributed by atoms with E-state index in [9.17, 15) is 26.7 Å². The van der Waals surface area contributed by atoms with E-state index in [0.717, 1.165) is 37.5 Å². The molecule has 1 aromatic carbocycles. The van der Waals surface area contributed by atoms with Gasteiger partial charge in [0.05, 0.1) is 6.54 Å². The second kappa shape index (κ2) is 7.25. The number of likely N-dealkylation sites (tertiary alicyclic amines) is 1. The largest absolute Gasteiger partial charge is 0.408 e. The molecule has 0 spiro atoms. The summed E-state index contributed by atoms with van der Waals surface area (Å²) in [7, 11) is 0. The van der Waals surface area contributed by atoms with Gasteiger partial charge in [-0.05, 0) is 25.3 Å². The first kappa shape index (κ1) is 17.7. The Labute approximate surface area is 130 Å². The Morgan fingerprint density at radius 3 is 2.43 bits per heavy atom. The van der Waals surface area contributed by atoms with E-state index in [1.54, 1.807) is 0 Å². The minimum atomic E-state index is -4.85. The summed E-state index contributed by atoms with van der Waals surface area (Å²) in [5, 5.41) is 2.02. The van der Waals surface area contributed by atoms with Crippen molar-refractivity contribution in [2.75, 3.05) is 19.6 Å². The van der Waals surface area contributed by atoms with Gasteiger partial charge in [0.15, 0.2) is 11.6 Å². The van der Waals surface area contributed by atoms with Crippen LogP contribution in [0.25, 0.3) is 0 Å². The third-order valence-corrected chi connectivity index (χ3v) is 3.79. The quantitative estimate of drug-likeness (QED) is 0.857. The number of rotatable bonds is 4. The van der Waals surface area contributed by atoms with E-state index < -0.39 is 41.9 Å². The van der Waals surface area contributed by atoms with Gasteiger partial charge in [-0.3, -0.25) is 10.1 Å². The Morgan fingerprint density at radius 1 is 1.17 bits per heavy atom. The van der Waals surface area contributed by atoms with Crippen LogP contribution in [0.2, 0.25) is 0 Å². The van der Waals surface area contributed by atoms with Gasteiger partial charge in [-0.25, -0.2) is 8.78 Å². The fraction of sp³-hybridized carbons (Fsp3) is 0.533. The van der Waals surface area contributed by atoms with Gasteiger partial charge in [-0.15, -0.1) is 0 Å². The average Bonchev–Trinajstić information content (AvgIpc) is 2.51. The minimum Gasteiger partial charge on any atom is -0.342 e. The summed E-state index contributed by atoms with van der Waals surface area (Å²) in [6.07, 6.45) is -2.24. The van der Waals surface area contributed by atoms with Crippen molar-refractivity contribution in [3.63, 3.8) is 0 Å². The summed E-state index contributed by atoms with van der Waals surface area (Å²) in [5.74, 6) is -3.40. The monoisotopic (exact) mass is 336 g/mol. The predicted octanol–water partition coefficient (Wildman–Crippen LogP) is 3.17. The van der Waals surface area contributed by atoms with Crippen molar-refractivity contribution in [3.05, 3.63) is 35.4 Å². The van der Waals surface area contributed by atoms with Crippen LogP contribution >= 0.6 is 0 Å². The zero-order chi connectivity index (χ0) is 17.0. The fourth-order valence-corrected chi connectivity index (χ4v) is 2.59. The molecular weight excluding hydrogens is 319 g/mol. The van der Waals surface area contributed by atoms with Gasteiger partial charge in [-0.2, -0.15) is 13.2 Å². The first-order valence-corrected chi connectivity index (χ1v) is 7.32. The molecule has 1 aromatic rings. The molecule has 0 bridgehead atoms. The number of amides is 1. The van der Waals surface area contributed by atoms with Gasteiger partial charge in [0.2, 0.25) is 5.91 Å². The minimum absolute atomic E-state index is 0.476. The molecule has 0 radical (unpaired) electrons. The summed E-state index contributed by atoms with van der Waals surface area (Å²) in [6.45, 7) is 0.428. The average molecular weight is 336 g/mol. The summed E-state index contributed by atoms with van der Waals surface area (Å²) in [4.78, 5) is 13.4. The van der Waals surface area contributed by atoms with Crippen LogP contribution in [0, 0.1) is 11.6 Å². The number of piperidine rings is 1. The molecule has 0 saturated carbocycles. The third-order valence-electron chi connectivity index (χ3n) is 3.79. The fourth-order valence-electron chi connectivity index (χ4n) is 2.59. The lowest BCUT2D eigenvalue weighted by Crippen LogP contribution is -2.44. The smallest absolute Gasteiger partial charge is 0.342 e. The summed E-state index contributed by atoms with van der Waals surface area (Å²) >= 11 is 0. The first-order chi connectivity index (χ1) is 10.8. The van der Waals surface area contributed by atoms with Crippen molar-refractivity contribution in [1.82, 2.24) is 10.2 Å². The Bertz CT molecular complexity index is 555. The van der Waals surface area contributed by atoms with Gasteiger partial charge in [0.1, 0.15) is 6.04 Å². The van der Waals surface area contributed by atoms with Crippen LogP contribution in [0.1, 0.15) is 30.9 Å². The molecular formula is C15H17F5N2O. The van der Waals surface area contributed by atoms with Gasteiger partial charge >= 0.3 is 6.18 Å². The number of carbonyl (C=O) groups is 1. The standard InChI is InChI=1S/C15H17F5N2O/c16-11-6-4-5-10(13(11)17)14(15(18,19)20)21-9-12(23)22-7-2-1-3-8-22/h4-6,14,21H,1-3,7-9H2/t14-/m1/s1. The van der Waals surface area contributed by atoms with E-state index in [2.05, 4.69) is 0 Å². The van der Waals surface area contributed by atoms with E-state index in [4.69, 9.17) is 0 Å². The van der Waals surface area contributed by atoms with E-state index in [0.29, 0.717) is 13.1 Å². The van der Waals surface area contributed by atoms with Crippen LogP contribution < -0.4 is 5.32 Å². The highest BCUT2D eigenvalue weighted by Gasteiger charge is 2.42. The van der Waals surface area contributed by atoms with Crippen LogP contribution in [-0.4, -0.2) is 36.6 Å². The first-order valence-electron chi connectivity index (χ1n) is 7.32. The van der Waals surface area contributed by atoms with E-state index in [1.807, 2.05) is 5.32 Å². The molecule has 1 saturated heterocycles. The Morgan fingerprint density at radius 2 is 1.83 bits per heavy atom. The SMILES string of the molecule is O=C(CN[C@H](c1cccc(F)c1F)C(F)(F)F)N1CCCCC1. The molecule has 128 valence electrons. The molecule has 0 aliphatic carbocycles. The molecule has 1 atom stereocenters. The van der Waals surface area contributed by atoms with E-state index >= 15 is 0 Å². The molecule has 23 heavy (non-hydrogen) atoms. The molecule has 3 nitrogen and oxygen atoms in total. The molecule has 1 fully saturated rings. The zero-order valence-electron chi connectivity index (χ0n) is 12.3. The molecule has 1 aliphatic rings. The molecule has 1 heterocycles. The van der Waals surface area contributed by atoms with Crippen LogP contribution in [0.4, 0.5) is 22.0 Å². The molecule has 1 amide bonds. The second-order valence-corrected chi connectivity index (χ2v) is 5.44. The maximum atomic E-state index is 13.7. The Hall–Kier alpha value is -1.70. The van der Waals surface area contributed by atoms with Crippen molar-refractivity contribution in [3.8, 4) is 0 Å². The van der Waals surface area contributed by atoms with Crippen LogP contribution in [0.15, 0.2) is 18.2 Å². The number of nitrogens with zero attached hydrogens (tertiary/aromatic N) is 1. The number of alkyl halides is 3. The lowest BCUT2D eigenvalue weighted by atomic mass is 10.1. The summed E-state index contributed by atoms with van der Waals surface area (Å²) < 4.78 is 66.2. The van der Waals surface area contributed by atoms with Gasteiger partial charge < -0.3 is 4.90 Å². The third kappa shape index (κ3) is 4.40. The van der Waals surface area contributed by atoms with E-state index in [1.165, 1.54) is 4.90 Å². The number of halogens is 5. The lowest BCUT2D eigenvalue weighted by molar-refractivity contribution is -0.159. The normalized spacial score (nSPS) is 17.2.